The van der Waals surface area contributed by atoms with Crippen molar-refractivity contribution in [1.29, 1.82) is 0 Å². The lowest BCUT2D eigenvalue weighted by Crippen LogP contribution is -2.24. The average Bonchev–Trinajstić information content (AvgIpc) is 2.65. The molecule has 1 aliphatic rings. The van der Waals surface area contributed by atoms with Gasteiger partial charge in [-0.15, -0.1) is 0 Å². The largest absolute Gasteiger partial charge is 0.455 e. The second kappa shape index (κ2) is 6.95. The van der Waals surface area contributed by atoms with Gasteiger partial charge in [0.15, 0.2) is 0 Å². The number of aromatic nitrogens is 1. The molecule has 2 aromatic carbocycles. The Morgan fingerprint density at radius 3 is 2.59 bits per heavy atom. The molecule has 0 fully saturated rings. The molecule has 0 radical (unpaired) electrons. The van der Waals surface area contributed by atoms with Crippen molar-refractivity contribution in [2.24, 2.45) is 0 Å². The lowest BCUT2D eigenvalue weighted by molar-refractivity contribution is 0.450. The fourth-order valence-corrected chi connectivity index (χ4v) is 5.07. The Hall–Kier alpha value is -2.42. The van der Waals surface area contributed by atoms with Gasteiger partial charge in [0, 0.05) is 18.9 Å². The molecule has 138 valence electrons. The number of hydrogen-bond donors (Lipinski definition) is 1. The smallest absolute Gasteiger partial charge is 0.241 e. The zero-order valence-corrected chi connectivity index (χ0v) is 15.9. The third kappa shape index (κ3) is 3.69. The number of nitrogens with one attached hydrogen (secondary N) is 1. The van der Waals surface area contributed by atoms with E-state index in [1.54, 1.807) is 49.6 Å². The topological polar surface area (TPSA) is 68.3 Å². The summed E-state index contributed by atoms with van der Waals surface area (Å²) in [7, 11) is -3.72. The minimum Gasteiger partial charge on any atom is -0.455 e. The zero-order valence-electron chi connectivity index (χ0n) is 14.3. The van der Waals surface area contributed by atoms with E-state index in [2.05, 4.69) is 9.71 Å². The lowest BCUT2D eigenvalue weighted by Gasteiger charge is -2.21. The second-order valence-corrected chi connectivity index (χ2v) is 8.86. The number of benzene rings is 2. The molecule has 0 unspecified atom stereocenters. The van der Waals surface area contributed by atoms with E-state index in [0.29, 0.717) is 26.9 Å². The molecule has 0 bridgehead atoms. The number of fused-ring (bicyclic) bond motifs is 2. The molecule has 0 amide bonds. The Morgan fingerprint density at radius 2 is 1.81 bits per heavy atom. The number of sulfonamides is 1. The van der Waals surface area contributed by atoms with Gasteiger partial charge in [0.2, 0.25) is 10.0 Å². The fourth-order valence-electron chi connectivity index (χ4n) is 2.73. The molecule has 0 saturated carbocycles. The van der Waals surface area contributed by atoms with E-state index >= 15 is 0 Å². The summed E-state index contributed by atoms with van der Waals surface area (Å²) in [6.07, 6.45) is 3.22. The van der Waals surface area contributed by atoms with Crippen LogP contribution in [0.4, 0.5) is 4.39 Å². The van der Waals surface area contributed by atoms with E-state index in [0.717, 1.165) is 5.56 Å². The van der Waals surface area contributed by atoms with Gasteiger partial charge in [0.25, 0.3) is 0 Å². The summed E-state index contributed by atoms with van der Waals surface area (Å²) in [5.74, 6) is 0.747. The van der Waals surface area contributed by atoms with Crippen LogP contribution in [0.2, 0.25) is 0 Å². The summed E-state index contributed by atoms with van der Waals surface area (Å²) in [4.78, 5) is 5.33. The molecule has 0 aliphatic carbocycles. The molecule has 5 nitrogen and oxygen atoms in total. The molecule has 3 aromatic rings. The van der Waals surface area contributed by atoms with Crippen molar-refractivity contribution in [3.63, 3.8) is 0 Å². The molecule has 1 aliphatic heterocycles. The molecule has 1 aromatic heterocycles. The minimum atomic E-state index is -3.72. The summed E-state index contributed by atoms with van der Waals surface area (Å²) < 4.78 is 47.4. The first-order valence-corrected chi connectivity index (χ1v) is 10.4. The Bertz CT molecular complexity index is 1120. The predicted molar refractivity (Wildman–Crippen MR) is 100 cm³/mol. The number of nitrogens with zero attached hydrogens (tertiary/aromatic N) is 1. The van der Waals surface area contributed by atoms with Crippen molar-refractivity contribution >= 4 is 21.8 Å². The number of halogens is 1. The van der Waals surface area contributed by atoms with E-state index in [1.165, 1.54) is 23.9 Å². The van der Waals surface area contributed by atoms with Gasteiger partial charge in [-0.05, 0) is 60.5 Å². The van der Waals surface area contributed by atoms with E-state index < -0.39 is 10.0 Å². The Kier molecular flexibility index (Phi) is 4.63. The van der Waals surface area contributed by atoms with Crippen LogP contribution < -0.4 is 9.46 Å². The zero-order chi connectivity index (χ0) is 19.0. The predicted octanol–water partition coefficient (Wildman–Crippen LogP) is 4.26. The monoisotopic (exact) mass is 402 g/mol. The van der Waals surface area contributed by atoms with Gasteiger partial charge in [0.05, 0.1) is 14.7 Å². The van der Waals surface area contributed by atoms with Gasteiger partial charge in [0.1, 0.15) is 17.3 Å². The molecular formula is C19H15FN2O3S2. The van der Waals surface area contributed by atoms with Crippen LogP contribution in [0.15, 0.2) is 69.5 Å². The second-order valence-electron chi connectivity index (χ2n) is 6.04. The van der Waals surface area contributed by atoms with E-state index in [-0.39, 0.29) is 17.3 Å². The Morgan fingerprint density at radius 1 is 1.07 bits per heavy atom. The maximum atomic E-state index is 13.5. The number of pyridine rings is 1. The molecular weight excluding hydrogens is 387 g/mol. The van der Waals surface area contributed by atoms with Crippen LogP contribution in [0.3, 0.4) is 0 Å². The summed E-state index contributed by atoms with van der Waals surface area (Å²) in [5, 5.41) is 0. The highest BCUT2D eigenvalue weighted by atomic mass is 32.2. The Labute approximate surface area is 160 Å². The SMILES string of the molecule is Cc1cc2c(cc1S(=O)(=O)NCc1ccncc1)Sc1cc(F)ccc1O2. The van der Waals surface area contributed by atoms with Gasteiger partial charge >= 0.3 is 0 Å². The third-order valence-corrected chi connectivity index (χ3v) is 6.71. The van der Waals surface area contributed by atoms with Gasteiger partial charge in [-0.1, -0.05) is 11.8 Å². The van der Waals surface area contributed by atoms with Crippen molar-refractivity contribution in [3.8, 4) is 11.5 Å². The minimum absolute atomic E-state index is 0.166. The van der Waals surface area contributed by atoms with Crippen LogP contribution in [0.1, 0.15) is 11.1 Å². The van der Waals surface area contributed by atoms with Crippen LogP contribution in [0, 0.1) is 12.7 Å². The molecule has 4 rings (SSSR count). The molecule has 1 N–H and O–H groups in total. The van der Waals surface area contributed by atoms with Crippen LogP contribution in [0.25, 0.3) is 0 Å². The van der Waals surface area contributed by atoms with Crippen LogP contribution in [-0.2, 0) is 16.6 Å². The summed E-state index contributed by atoms with van der Waals surface area (Å²) in [6.45, 7) is 1.88. The van der Waals surface area contributed by atoms with Crippen molar-refractivity contribution in [3.05, 3.63) is 71.8 Å². The quantitative estimate of drug-likeness (QED) is 0.552. The normalized spacial score (nSPS) is 12.8. The number of rotatable bonds is 4. The van der Waals surface area contributed by atoms with E-state index in [1.807, 2.05) is 0 Å². The molecule has 0 spiro atoms. The van der Waals surface area contributed by atoms with E-state index in [4.69, 9.17) is 4.74 Å². The average molecular weight is 402 g/mol. The van der Waals surface area contributed by atoms with Crippen molar-refractivity contribution in [2.45, 2.75) is 28.2 Å². The van der Waals surface area contributed by atoms with Crippen molar-refractivity contribution < 1.29 is 17.5 Å². The first-order chi connectivity index (χ1) is 12.9. The molecule has 0 atom stereocenters. The summed E-state index contributed by atoms with van der Waals surface area (Å²) >= 11 is 1.28. The van der Waals surface area contributed by atoms with E-state index in [9.17, 15) is 12.8 Å². The van der Waals surface area contributed by atoms with Crippen LogP contribution in [0.5, 0.6) is 11.5 Å². The maximum absolute atomic E-state index is 13.5. The maximum Gasteiger partial charge on any atom is 0.241 e. The number of ether oxygens (including phenoxy) is 1. The highest BCUT2D eigenvalue weighted by Gasteiger charge is 2.24. The van der Waals surface area contributed by atoms with Crippen LogP contribution >= 0.6 is 11.8 Å². The fraction of sp³-hybridized carbons (Fsp3) is 0.105. The van der Waals surface area contributed by atoms with Crippen LogP contribution in [-0.4, -0.2) is 13.4 Å². The molecule has 0 saturated heterocycles. The van der Waals surface area contributed by atoms with Gasteiger partial charge in [-0.25, -0.2) is 17.5 Å². The lowest BCUT2D eigenvalue weighted by atomic mass is 10.2. The summed E-state index contributed by atoms with van der Waals surface area (Å²) in [6, 6.07) is 11.0. The molecule has 2 heterocycles. The Balaban J connectivity index is 1.64. The first-order valence-electron chi connectivity index (χ1n) is 8.11. The van der Waals surface area contributed by atoms with Gasteiger partial charge < -0.3 is 4.74 Å². The van der Waals surface area contributed by atoms with Crippen molar-refractivity contribution in [2.75, 3.05) is 0 Å². The van der Waals surface area contributed by atoms with Crippen molar-refractivity contribution in [1.82, 2.24) is 9.71 Å². The standard InChI is InChI=1S/C19H15FN2O3S2/c1-12-8-16-18(26-17-9-14(20)2-3-15(17)25-16)10-19(12)27(23,24)22-11-13-4-6-21-7-5-13/h2-10,22H,11H2,1H3. The molecule has 8 heteroatoms. The number of aryl methyl sites for hydroxylation is 1. The van der Waals surface area contributed by atoms with Gasteiger partial charge in [-0.2, -0.15) is 0 Å². The summed E-state index contributed by atoms with van der Waals surface area (Å²) in [5.41, 5.74) is 1.38. The highest BCUT2D eigenvalue weighted by Crippen LogP contribution is 2.48. The third-order valence-electron chi connectivity index (χ3n) is 4.09. The number of hydrogen-bond acceptors (Lipinski definition) is 5. The molecule has 27 heavy (non-hydrogen) atoms. The highest BCUT2D eigenvalue weighted by molar-refractivity contribution is 7.99. The van der Waals surface area contributed by atoms with Gasteiger partial charge in [-0.3, -0.25) is 4.98 Å². The first kappa shape index (κ1) is 18.0.